The van der Waals surface area contributed by atoms with Gasteiger partial charge in [-0.2, -0.15) is 0 Å². The summed E-state index contributed by atoms with van der Waals surface area (Å²) in [5.41, 5.74) is 0.879. The van der Waals surface area contributed by atoms with E-state index < -0.39 is 5.97 Å². The molecule has 0 aliphatic carbocycles. The van der Waals surface area contributed by atoms with Crippen molar-refractivity contribution >= 4 is 17.6 Å². The Hall–Kier alpha value is -1.22. The zero-order chi connectivity index (χ0) is 12.8. The number of hydrogen-bond acceptors (Lipinski definition) is 2. The van der Waals surface area contributed by atoms with E-state index in [1.54, 1.807) is 18.2 Å². The van der Waals surface area contributed by atoms with Crippen molar-refractivity contribution in [3.05, 3.63) is 28.8 Å². The van der Waals surface area contributed by atoms with E-state index in [1.807, 2.05) is 13.8 Å². The predicted octanol–water partition coefficient (Wildman–Crippen LogP) is 3.71. The molecule has 3 nitrogen and oxygen atoms in total. The smallest absolute Gasteiger partial charge is 0.303 e. The van der Waals surface area contributed by atoms with Gasteiger partial charge in [0.15, 0.2) is 0 Å². The molecule has 0 fully saturated rings. The van der Waals surface area contributed by atoms with E-state index in [-0.39, 0.29) is 12.3 Å². The molecular weight excluding hydrogens is 240 g/mol. The number of hydrogen-bond donors (Lipinski definition) is 1. The van der Waals surface area contributed by atoms with Gasteiger partial charge in [0, 0.05) is 5.02 Å². The van der Waals surface area contributed by atoms with E-state index in [4.69, 9.17) is 21.4 Å². The van der Waals surface area contributed by atoms with Gasteiger partial charge in [-0.05, 0) is 43.0 Å². The second-order valence-corrected chi connectivity index (χ2v) is 4.25. The van der Waals surface area contributed by atoms with Crippen LogP contribution in [0.15, 0.2) is 18.2 Å². The van der Waals surface area contributed by atoms with Crippen molar-refractivity contribution < 1.29 is 14.6 Å². The summed E-state index contributed by atoms with van der Waals surface area (Å²) in [6, 6.07) is 5.35. The van der Waals surface area contributed by atoms with Crippen molar-refractivity contribution in [1.82, 2.24) is 0 Å². The topological polar surface area (TPSA) is 46.5 Å². The molecule has 1 N–H and O–H groups in total. The standard InChI is InChI=1S/C13H17ClO3/c1-3-9(7-13(15)16)11-8-10(14)5-6-12(11)17-4-2/h5-6,8-9H,3-4,7H2,1-2H3,(H,15,16). The van der Waals surface area contributed by atoms with E-state index in [0.29, 0.717) is 11.6 Å². The van der Waals surface area contributed by atoms with Crippen molar-refractivity contribution in [3.63, 3.8) is 0 Å². The van der Waals surface area contributed by atoms with Gasteiger partial charge in [-0.3, -0.25) is 4.79 Å². The minimum Gasteiger partial charge on any atom is -0.494 e. The fourth-order valence-electron chi connectivity index (χ4n) is 1.81. The van der Waals surface area contributed by atoms with Gasteiger partial charge in [-0.15, -0.1) is 0 Å². The molecule has 0 aliphatic rings. The first-order valence-electron chi connectivity index (χ1n) is 5.72. The highest BCUT2D eigenvalue weighted by Crippen LogP contribution is 2.33. The van der Waals surface area contributed by atoms with Crippen LogP contribution in [0, 0.1) is 0 Å². The summed E-state index contributed by atoms with van der Waals surface area (Å²) in [6.45, 7) is 4.42. The lowest BCUT2D eigenvalue weighted by atomic mass is 9.92. The quantitative estimate of drug-likeness (QED) is 0.844. The molecule has 0 aliphatic heterocycles. The number of carboxylic acids is 1. The first kappa shape index (κ1) is 13.8. The number of carbonyl (C=O) groups is 1. The van der Waals surface area contributed by atoms with Gasteiger partial charge >= 0.3 is 5.97 Å². The third-order valence-electron chi connectivity index (χ3n) is 2.63. The molecule has 0 amide bonds. The summed E-state index contributed by atoms with van der Waals surface area (Å²) in [6.07, 6.45) is 0.837. The van der Waals surface area contributed by atoms with Crippen LogP contribution >= 0.6 is 11.6 Å². The van der Waals surface area contributed by atoms with Gasteiger partial charge in [-0.1, -0.05) is 18.5 Å². The van der Waals surface area contributed by atoms with Crippen molar-refractivity contribution in [2.45, 2.75) is 32.6 Å². The Morgan fingerprint density at radius 2 is 2.18 bits per heavy atom. The van der Waals surface area contributed by atoms with Crippen LogP contribution in [0.25, 0.3) is 0 Å². The number of aliphatic carboxylic acids is 1. The lowest BCUT2D eigenvalue weighted by molar-refractivity contribution is -0.137. The third kappa shape index (κ3) is 3.93. The van der Waals surface area contributed by atoms with Crippen LogP contribution in [-0.2, 0) is 4.79 Å². The molecule has 0 saturated heterocycles. The summed E-state index contributed by atoms with van der Waals surface area (Å²) >= 11 is 5.95. The van der Waals surface area contributed by atoms with Crippen molar-refractivity contribution in [2.75, 3.05) is 6.61 Å². The Kier molecular flexibility index (Phi) is 5.29. The average molecular weight is 257 g/mol. The van der Waals surface area contributed by atoms with Gasteiger partial charge < -0.3 is 9.84 Å². The molecule has 17 heavy (non-hydrogen) atoms. The molecule has 1 aromatic carbocycles. The van der Waals surface area contributed by atoms with E-state index in [1.165, 1.54) is 0 Å². The Morgan fingerprint density at radius 1 is 1.47 bits per heavy atom. The molecule has 0 aromatic heterocycles. The highest BCUT2D eigenvalue weighted by Gasteiger charge is 2.18. The number of benzene rings is 1. The van der Waals surface area contributed by atoms with Crippen LogP contribution in [0.2, 0.25) is 5.02 Å². The Bertz CT molecular complexity index is 390. The van der Waals surface area contributed by atoms with E-state index in [2.05, 4.69) is 0 Å². The van der Waals surface area contributed by atoms with E-state index in [9.17, 15) is 4.79 Å². The van der Waals surface area contributed by atoms with E-state index >= 15 is 0 Å². The summed E-state index contributed by atoms with van der Waals surface area (Å²) in [5.74, 6) is -0.142. The zero-order valence-electron chi connectivity index (χ0n) is 10.1. The monoisotopic (exact) mass is 256 g/mol. The van der Waals surface area contributed by atoms with Crippen LogP contribution in [0.1, 0.15) is 38.2 Å². The Labute approximate surface area is 106 Å². The fourth-order valence-corrected chi connectivity index (χ4v) is 1.99. The first-order chi connectivity index (χ1) is 8.08. The molecule has 0 bridgehead atoms. The first-order valence-corrected chi connectivity index (χ1v) is 6.10. The fraction of sp³-hybridized carbons (Fsp3) is 0.462. The molecule has 0 spiro atoms. The van der Waals surface area contributed by atoms with Gasteiger partial charge in [0.1, 0.15) is 5.75 Å². The highest BCUT2D eigenvalue weighted by molar-refractivity contribution is 6.30. The lowest BCUT2D eigenvalue weighted by Crippen LogP contribution is -2.07. The summed E-state index contributed by atoms with van der Waals surface area (Å²) in [7, 11) is 0. The minimum absolute atomic E-state index is 0.0623. The lowest BCUT2D eigenvalue weighted by Gasteiger charge is -2.17. The van der Waals surface area contributed by atoms with Crippen molar-refractivity contribution in [1.29, 1.82) is 0 Å². The van der Waals surface area contributed by atoms with E-state index in [0.717, 1.165) is 17.7 Å². The molecule has 1 unspecified atom stereocenters. The number of halogens is 1. The van der Waals surface area contributed by atoms with Gasteiger partial charge in [0.05, 0.1) is 13.0 Å². The third-order valence-corrected chi connectivity index (χ3v) is 2.86. The van der Waals surface area contributed by atoms with Gasteiger partial charge in [0.25, 0.3) is 0 Å². The highest BCUT2D eigenvalue weighted by atomic mass is 35.5. The average Bonchev–Trinajstić information content (AvgIpc) is 2.28. The summed E-state index contributed by atoms with van der Waals surface area (Å²) in [4.78, 5) is 10.8. The molecular formula is C13H17ClO3. The molecule has 0 radical (unpaired) electrons. The number of carboxylic acid groups (broad SMARTS) is 1. The molecule has 0 saturated carbocycles. The normalized spacial score (nSPS) is 12.2. The van der Waals surface area contributed by atoms with Crippen molar-refractivity contribution in [2.24, 2.45) is 0 Å². The van der Waals surface area contributed by atoms with Crippen LogP contribution in [0.4, 0.5) is 0 Å². The van der Waals surface area contributed by atoms with Crippen LogP contribution in [0.3, 0.4) is 0 Å². The molecule has 1 atom stereocenters. The van der Waals surface area contributed by atoms with Crippen LogP contribution in [-0.4, -0.2) is 17.7 Å². The minimum atomic E-state index is -0.806. The second-order valence-electron chi connectivity index (χ2n) is 3.82. The van der Waals surface area contributed by atoms with Crippen LogP contribution < -0.4 is 4.74 Å². The molecule has 1 aromatic rings. The number of rotatable bonds is 6. The van der Waals surface area contributed by atoms with Crippen LogP contribution in [0.5, 0.6) is 5.75 Å². The predicted molar refractivity (Wildman–Crippen MR) is 67.9 cm³/mol. The van der Waals surface area contributed by atoms with Gasteiger partial charge in [0.2, 0.25) is 0 Å². The molecule has 0 heterocycles. The second kappa shape index (κ2) is 6.50. The summed E-state index contributed by atoms with van der Waals surface area (Å²) in [5, 5.41) is 9.50. The maximum absolute atomic E-state index is 10.8. The van der Waals surface area contributed by atoms with Crippen molar-refractivity contribution in [3.8, 4) is 5.75 Å². The number of ether oxygens (including phenoxy) is 1. The molecule has 1 rings (SSSR count). The maximum Gasteiger partial charge on any atom is 0.303 e. The SMILES string of the molecule is CCOc1ccc(Cl)cc1C(CC)CC(=O)O. The largest absolute Gasteiger partial charge is 0.494 e. The zero-order valence-corrected chi connectivity index (χ0v) is 10.8. The Morgan fingerprint density at radius 3 is 2.71 bits per heavy atom. The maximum atomic E-state index is 10.8. The van der Waals surface area contributed by atoms with Gasteiger partial charge in [-0.25, -0.2) is 0 Å². The molecule has 4 heteroatoms. The summed E-state index contributed by atoms with van der Waals surface area (Å²) < 4.78 is 5.50. The Balaban J connectivity index is 3.06. The molecule has 94 valence electrons.